The van der Waals surface area contributed by atoms with E-state index in [2.05, 4.69) is 5.32 Å². The molecule has 0 saturated carbocycles. The molecule has 0 radical (unpaired) electrons. The number of hydrogen-bond acceptors (Lipinski definition) is 3. The number of nitrogens with zero attached hydrogens (tertiary/aromatic N) is 1. The zero-order valence-electron chi connectivity index (χ0n) is 12.0. The van der Waals surface area contributed by atoms with Crippen LogP contribution in [0.4, 0.5) is 0 Å². The highest BCUT2D eigenvalue weighted by Crippen LogP contribution is 2.10. The van der Waals surface area contributed by atoms with Gasteiger partial charge in [0.25, 0.3) is 0 Å². The lowest BCUT2D eigenvalue weighted by Crippen LogP contribution is -2.53. The lowest BCUT2D eigenvalue weighted by molar-refractivity contribution is -0.137. The maximum absolute atomic E-state index is 12.1. The lowest BCUT2D eigenvalue weighted by atomic mass is 10.0. The summed E-state index contributed by atoms with van der Waals surface area (Å²) in [5, 5.41) is 2.70. The zero-order valence-corrected chi connectivity index (χ0v) is 12.8. The molecule has 1 aliphatic heterocycles. The van der Waals surface area contributed by atoms with Crippen molar-refractivity contribution in [2.24, 2.45) is 11.7 Å². The average molecular weight is 292 g/mol. The standard InChI is InChI=1S/C13H25N3O2.ClH/c1-9(2)11(14)12(17)15-10(3)13(18)16-7-5-4-6-8-16;/h9-11H,4-8,14H2,1-3H3,(H,15,17);1H/t10?,11-;/m1./s1. The van der Waals surface area contributed by atoms with Gasteiger partial charge in [-0.1, -0.05) is 13.8 Å². The number of likely N-dealkylation sites (tertiary alicyclic amines) is 1. The minimum Gasteiger partial charge on any atom is -0.343 e. The van der Waals surface area contributed by atoms with Crippen molar-refractivity contribution >= 4 is 24.2 Å². The van der Waals surface area contributed by atoms with Crippen LogP contribution in [0.1, 0.15) is 40.0 Å². The third-order valence-corrected chi connectivity index (χ3v) is 3.42. The van der Waals surface area contributed by atoms with Crippen LogP contribution in [-0.4, -0.2) is 41.9 Å². The Balaban J connectivity index is 0.00000324. The van der Waals surface area contributed by atoms with E-state index in [4.69, 9.17) is 5.73 Å². The molecule has 0 aromatic carbocycles. The average Bonchev–Trinajstić information content (AvgIpc) is 2.37. The van der Waals surface area contributed by atoms with Crippen LogP contribution in [0.5, 0.6) is 0 Å². The Hall–Kier alpha value is -0.810. The van der Waals surface area contributed by atoms with Gasteiger partial charge in [-0.05, 0) is 32.1 Å². The maximum atomic E-state index is 12.1. The van der Waals surface area contributed by atoms with Crippen molar-refractivity contribution in [3.63, 3.8) is 0 Å². The second kappa shape index (κ2) is 8.38. The van der Waals surface area contributed by atoms with Crippen LogP contribution >= 0.6 is 12.4 Å². The summed E-state index contributed by atoms with van der Waals surface area (Å²) >= 11 is 0. The lowest BCUT2D eigenvalue weighted by Gasteiger charge is -2.30. The Kier molecular flexibility index (Phi) is 8.02. The molecular formula is C13H26ClN3O2. The molecule has 1 unspecified atom stereocenters. The fourth-order valence-corrected chi connectivity index (χ4v) is 2.06. The Morgan fingerprint density at radius 3 is 2.11 bits per heavy atom. The first kappa shape index (κ1) is 18.2. The van der Waals surface area contributed by atoms with Crippen LogP contribution in [0.25, 0.3) is 0 Å². The Morgan fingerprint density at radius 2 is 1.63 bits per heavy atom. The van der Waals surface area contributed by atoms with Gasteiger partial charge in [-0.2, -0.15) is 0 Å². The smallest absolute Gasteiger partial charge is 0.244 e. The number of rotatable bonds is 4. The van der Waals surface area contributed by atoms with Gasteiger partial charge in [-0.25, -0.2) is 0 Å². The summed E-state index contributed by atoms with van der Waals surface area (Å²) in [7, 11) is 0. The number of carbonyl (C=O) groups excluding carboxylic acids is 2. The molecule has 0 aromatic heterocycles. The second-order valence-electron chi connectivity index (χ2n) is 5.39. The number of amides is 2. The van der Waals surface area contributed by atoms with E-state index in [1.54, 1.807) is 6.92 Å². The van der Waals surface area contributed by atoms with E-state index < -0.39 is 12.1 Å². The van der Waals surface area contributed by atoms with Crippen molar-refractivity contribution < 1.29 is 9.59 Å². The molecule has 1 fully saturated rings. The molecule has 0 bridgehead atoms. The first-order valence-corrected chi connectivity index (χ1v) is 6.78. The molecule has 112 valence electrons. The van der Waals surface area contributed by atoms with Gasteiger partial charge in [-0.3, -0.25) is 9.59 Å². The van der Waals surface area contributed by atoms with Crippen LogP contribution in [0.2, 0.25) is 0 Å². The molecule has 2 atom stereocenters. The number of halogens is 1. The van der Waals surface area contributed by atoms with Crippen LogP contribution in [0.3, 0.4) is 0 Å². The number of hydrogen-bond donors (Lipinski definition) is 2. The molecule has 1 saturated heterocycles. The molecule has 1 heterocycles. The number of nitrogens with two attached hydrogens (primary N) is 1. The minimum atomic E-state index is -0.554. The van der Waals surface area contributed by atoms with Crippen LogP contribution in [-0.2, 0) is 9.59 Å². The fraction of sp³-hybridized carbons (Fsp3) is 0.846. The van der Waals surface area contributed by atoms with Crippen molar-refractivity contribution in [3.05, 3.63) is 0 Å². The van der Waals surface area contributed by atoms with Gasteiger partial charge in [0, 0.05) is 13.1 Å². The van der Waals surface area contributed by atoms with Crippen LogP contribution < -0.4 is 11.1 Å². The minimum absolute atomic E-state index is 0. The van der Waals surface area contributed by atoms with Crippen molar-refractivity contribution in [1.82, 2.24) is 10.2 Å². The van der Waals surface area contributed by atoms with Crippen molar-refractivity contribution in [2.45, 2.75) is 52.1 Å². The number of nitrogens with one attached hydrogen (secondary N) is 1. The molecule has 0 aromatic rings. The summed E-state index contributed by atoms with van der Waals surface area (Å²) in [6, 6.07) is -1.04. The Labute approximate surface area is 121 Å². The van der Waals surface area contributed by atoms with Gasteiger partial charge < -0.3 is 16.0 Å². The predicted octanol–water partition coefficient (Wildman–Crippen LogP) is 0.909. The summed E-state index contributed by atoms with van der Waals surface area (Å²) in [5.41, 5.74) is 5.75. The monoisotopic (exact) mass is 291 g/mol. The van der Waals surface area contributed by atoms with Gasteiger partial charge in [0.1, 0.15) is 6.04 Å². The normalized spacial score (nSPS) is 18.5. The molecule has 19 heavy (non-hydrogen) atoms. The van der Waals surface area contributed by atoms with Gasteiger partial charge >= 0.3 is 0 Å². The van der Waals surface area contributed by atoms with E-state index in [1.807, 2.05) is 18.7 Å². The SMILES string of the molecule is CC(NC(=O)[C@H](N)C(C)C)C(=O)N1CCCCC1.Cl. The van der Waals surface area contributed by atoms with E-state index in [0.29, 0.717) is 0 Å². The van der Waals surface area contributed by atoms with Crippen LogP contribution in [0, 0.1) is 5.92 Å². The highest BCUT2D eigenvalue weighted by molar-refractivity contribution is 5.89. The fourth-order valence-electron chi connectivity index (χ4n) is 2.06. The number of piperidine rings is 1. The summed E-state index contributed by atoms with van der Waals surface area (Å²) in [5.74, 6) is -0.177. The third-order valence-electron chi connectivity index (χ3n) is 3.42. The van der Waals surface area contributed by atoms with Crippen molar-refractivity contribution in [2.75, 3.05) is 13.1 Å². The highest BCUT2D eigenvalue weighted by Gasteiger charge is 2.25. The topological polar surface area (TPSA) is 75.4 Å². The predicted molar refractivity (Wildman–Crippen MR) is 78.1 cm³/mol. The zero-order chi connectivity index (χ0) is 13.7. The molecule has 6 heteroatoms. The maximum Gasteiger partial charge on any atom is 0.244 e. The Bertz CT molecular complexity index is 304. The first-order chi connectivity index (χ1) is 8.43. The third kappa shape index (κ3) is 5.37. The summed E-state index contributed by atoms with van der Waals surface area (Å²) in [6.45, 7) is 7.11. The van der Waals surface area contributed by atoms with Crippen molar-refractivity contribution in [1.29, 1.82) is 0 Å². The largest absolute Gasteiger partial charge is 0.343 e. The van der Waals surface area contributed by atoms with Gasteiger partial charge in [0.15, 0.2) is 0 Å². The van der Waals surface area contributed by atoms with Crippen LogP contribution in [0.15, 0.2) is 0 Å². The van der Waals surface area contributed by atoms with Gasteiger partial charge in [0.05, 0.1) is 6.04 Å². The summed E-state index contributed by atoms with van der Waals surface area (Å²) in [4.78, 5) is 25.7. The molecule has 0 spiro atoms. The molecule has 5 nitrogen and oxygen atoms in total. The van der Waals surface area contributed by atoms with E-state index in [0.717, 1.165) is 25.9 Å². The summed E-state index contributed by atoms with van der Waals surface area (Å²) < 4.78 is 0. The second-order valence-corrected chi connectivity index (χ2v) is 5.39. The molecule has 1 rings (SSSR count). The molecule has 3 N–H and O–H groups in total. The molecule has 1 aliphatic rings. The Morgan fingerprint density at radius 1 is 1.11 bits per heavy atom. The molecule has 2 amide bonds. The van der Waals surface area contributed by atoms with E-state index in [1.165, 1.54) is 6.42 Å². The van der Waals surface area contributed by atoms with E-state index in [9.17, 15) is 9.59 Å². The van der Waals surface area contributed by atoms with Gasteiger partial charge in [-0.15, -0.1) is 12.4 Å². The number of carbonyl (C=O) groups is 2. The summed E-state index contributed by atoms with van der Waals surface area (Å²) in [6.07, 6.45) is 3.29. The van der Waals surface area contributed by atoms with E-state index in [-0.39, 0.29) is 30.1 Å². The first-order valence-electron chi connectivity index (χ1n) is 6.78. The van der Waals surface area contributed by atoms with Gasteiger partial charge in [0.2, 0.25) is 11.8 Å². The molecular weight excluding hydrogens is 266 g/mol. The van der Waals surface area contributed by atoms with E-state index >= 15 is 0 Å². The van der Waals surface area contributed by atoms with Crippen molar-refractivity contribution in [3.8, 4) is 0 Å². The highest BCUT2D eigenvalue weighted by atomic mass is 35.5. The molecule has 0 aliphatic carbocycles. The quantitative estimate of drug-likeness (QED) is 0.808.